The molecule has 1 aromatic heterocycles. The third-order valence-electron chi connectivity index (χ3n) is 7.38. The molecule has 212 valence electrons. The normalized spacial score (nSPS) is 18.1. The van der Waals surface area contributed by atoms with Crippen molar-refractivity contribution in [2.45, 2.75) is 49.3 Å². The molecule has 1 atom stereocenters. The Kier molecular flexibility index (Phi) is 7.68. The van der Waals surface area contributed by atoms with Gasteiger partial charge in [0.1, 0.15) is 5.69 Å². The summed E-state index contributed by atoms with van der Waals surface area (Å²) in [4.78, 5) is 31.8. The van der Waals surface area contributed by atoms with Gasteiger partial charge in [0.25, 0.3) is 15.9 Å². The number of amides is 1. The van der Waals surface area contributed by atoms with Crippen molar-refractivity contribution in [3.05, 3.63) is 65.4 Å². The van der Waals surface area contributed by atoms with Gasteiger partial charge in [0.05, 0.1) is 11.7 Å². The van der Waals surface area contributed by atoms with Crippen molar-refractivity contribution in [2.24, 2.45) is 0 Å². The van der Waals surface area contributed by atoms with Crippen molar-refractivity contribution in [3.63, 3.8) is 0 Å². The second kappa shape index (κ2) is 10.9. The number of sulfonamides is 1. The second-order valence-electron chi connectivity index (χ2n) is 9.90. The van der Waals surface area contributed by atoms with Gasteiger partial charge < -0.3 is 9.64 Å². The molecule has 1 amide bonds. The minimum atomic E-state index is -4.81. The SMILES string of the molecule is COCCCN1C(=O)c2cccc3c(CC(=O)C4CCCCN4S(=O)(=O)c4cccc(C(F)(F)F)n4)ccc1c23. The van der Waals surface area contributed by atoms with Crippen LogP contribution in [0.2, 0.25) is 0 Å². The van der Waals surface area contributed by atoms with Crippen LogP contribution in [-0.4, -0.2) is 62.2 Å². The van der Waals surface area contributed by atoms with Crippen LogP contribution < -0.4 is 4.90 Å². The van der Waals surface area contributed by atoms with Gasteiger partial charge in [-0.15, -0.1) is 0 Å². The summed E-state index contributed by atoms with van der Waals surface area (Å²) in [5, 5.41) is 0.742. The number of alkyl halides is 3. The van der Waals surface area contributed by atoms with Gasteiger partial charge >= 0.3 is 6.18 Å². The number of benzene rings is 2. The first-order valence-corrected chi connectivity index (χ1v) is 14.4. The van der Waals surface area contributed by atoms with Gasteiger partial charge in [0.2, 0.25) is 0 Å². The zero-order valence-corrected chi connectivity index (χ0v) is 22.6. The monoisotopic (exact) mass is 575 g/mol. The lowest BCUT2D eigenvalue weighted by molar-refractivity contribution is -0.141. The van der Waals surface area contributed by atoms with Crippen LogP contribution in [0.5, 0.6) is 0 Å². The van der Waals surface area contributed by atoms with Crippen LogP contribution in [0, 0.1) is 0 Å². The number of carbonyl (C=O) groups is 2. The number of Topliss-reactive ketones (excluding diaryl/α,β-unsaturated/α-hetero) is 1. The van der Waals surface area contributed by atoms with Crippen LogP contribution in [0.3, 0.4) is 0 Å². The average Bonchev–Trinajstić information content (AvgIpc) is 3.21. The molecular weight excluding hydrogens is 547 g/mol. The van der Waals surface area contributed by atoms with Crippen LogP contribution in [0.4, 0.5) is 18.9 Å². The van der Waals surface area contributed by atoms with Gasteiger partial charge in [-0.1, -0.05) is 30.7 Å². The minimum Gasteiger partial charge on any atom is -0.385 e. The molecule has 0 N–H and O–H groups in total. The first-order chi connectivity index (χ1) is 19.0. The van der Waals surface area contributed by atoms with Crippen LogP contribution in [0.25, 0.3) is 10.8 Å². The van der Waals surface area contributed by atoms with Gasteiger partial charge in [0.15, 0.2) is 10.8 Å². The lowest BCUT2D eigenvalue weighted by atomic mass is 9.93. The molecule has 2 aliphatic rings. The summed E-state index contributed by atoms with van der Waals surface area (Å²) in [7, 11) is -2.87. The molecule has 3 heterocycles. The van der Waals surface area contributed by atoms with E-state index in [1.165, 1.54) is 0 Å². The molecule has 1 saturated heterocycles. The molecule has 3 aromatic rings. The summed E-state index contributed by atoms with van der Waals surface area (Å²) in [6.45, 7) is 0.991. The van der Waals surface area contributed by atoms with Crippen molar-refractivity contribution in [1.82, 2.24) is 9.29 Å². The molecule has 2 aromatic carbocycles. The number of nitrogens with zero attached hydrogens (tertiary/aromatic N) is 3. The maximum absolute atomic E-state index is 13.6. The Morgan fingerprint density at radius 2 is 1.88 bits per heavy atom. The molecule has 0 radical (unpaired) electrons. The van der Waals surface area contributed by atoms with Crippen molar-refractivity contribution < 1.29 is 35.9 Å². The Morgan fingerprint density at radius 1 is 1.10 bits per heavy atom. The fourth-order valence-corrected chi connectivity index (χ4v) is 7.14. The van der Waals surface area contributed by atoms with E-state index in [-0.39, 0.29) is 31.1 Å². The molecule has 1 fully saturated rings. The van der Waals surface area contributed by atoms with Gasteiger partial charge in [-0.25, -0.2) is 13.4 Å². The first kappa shape index (κ1) is 28.2. The van der Waals surface area contributed by atoms with E-state index >= 15 is 0 Å². The number of hydrogen-bond acceptors (Lipinski definition) is 6. The molecule has 5 rings (SSSR count). The van der Waals surface area contributed by atoms with Crippen LogP contribution in [0.1, 0.15) is 47.3 Å². The number of anilines is 1. The Hall–Kier alpha value is -3.35. The highest BCUT2D eigenvalue weighted by Gasteiger charge is 2.40. The highest BCUT2D eigenvalue weighted by atomic mass is 32.2. The highest BCUT2D eigenvalue weighted by molar-refractivity contribution is 7.89. The van der Waals surface area contributed by atoms with Crippen LogP contribution in [0.15, 0.2) is 53.6 Å². The van der Waals surface area contributed by atoms with E-state index in [0.717, 1.165) is 32.9 Å². The smallest absolute Gasteiger partial charge is 0.385 e. The van der Waals surface area contributed by atoms with Gasteiger partial charge in [-0.3, -0.25) is 9.59 Å². The standard InChI is InChI=1S/C28H28F3N3O5S/c1-39-16-6-14-33-22-13-12-18(19-7-4-8-20(26(19)22)27(33)36)17-23(35)21-9-2-3-15-34(21)40(37,38)25-11-5-10-24(32-25)28(29,30)31/h4-5,7-8,10-13,21H,2-3,6,9,14-17H2,1H3. The predicted octanol–water partition coefficient (Wildman–Crippen LogP) is 4.61. The average molecular weight is 576 g/mol. The molecule has 0 aliphatic carbocycles. The van der Waals surface area contributed by atoms with E-state index in [1.807, 2.05) is 6.07 Å². The number of hydrogen-bond donors (Lipinski definition) is 0. The summed E-state index contributed by atoms with van der Waals surface area (Å²) in [6.07, 6.45) is -2.91. The van der Waals surface area contributed by atoms with Crippen LogP contribution >= 0.6 is 0 Å². The number of ether oxygens (including phenoxy) is 1. The summed E-state index contributed by atoms with van der Waals surface area (Å²) in [6, 6.07) is 10.6. The highest BCUT2D eigenvalue weighted by Crippen LogP contribution is 2.39. The third-order valence-corrected chi connectivity index (χ3v) is 9.19. The Labute approximate surface area is 229 Å². The molecular formula is C28H28F3N3O5S. The number of halogens is 3. The summed E-state index contributed by atoms with van der Waals surface area (Å²) < 4.78 is 72.6. The van der Waals surface area contributed by atoms with Crippen molar-refractivity contribution in [3.8, 4) is 0 Å². The largest absolute Gasteiger partial charge is 0.433 e. The predicted molar refractivity (Wildman–Crippen MR) is 142 cm³/mol. The van der Waals surface area contributed by atoms with Crippen LogP contribution in [-0.2, 0) is 32.2 Å². The summed E-state index contributed by atoms with van der Waals surface area (Å²) in [5.74, 6) is -0.490. The van der Waals surface area contributed by atoms with E-state index in [4.69, 9.17) is 4.74 Å². The number of aromatic nitrogens is 1. The number of methoxy groups -OCH3 is 1. The van der Waals surface area contributed by atoms with E-state index in [1.54, 1.807) is 36.3 Å². The fourth-order valence-electron chi connectivity index (χ4n) is 5.51. The molecule has 0 saturated carbocycles. The Balaban J connectivity index is 1.44. The summed E-state index contributed by atoms with van der Waals surface area (Å²) in [5.41, 5.74) is 0.626. The Morgan fingerprint density at radius 3 is 2.62 bits per heavy atom. The van der Waals surface area contributed by atoms with E-state index in [0.29, 0.717) is 49.6 Å². The number of piperidine rings is 1. The van der Waals surface area contributed by atoms with E-state index in [9.17, 15) is 31.2 Å². The molecule has 12 heteroatoms. The topological polar surface area (TPSA) is 96.9 Å². The van der Waals surface area contributed by atoms with Crippen molar-refractivity contribution >= 4 is 38.2 Å². The minimum absolute atomic E-state index is 0.00539. The molecule has 8 nitrogen and oxygen atoms in total. The molecule has 0 bridgehead atoms. The Bertz CT molecular complexity index is 1580. The second-order valence-corrected chi connectivity index (χ2v) is 11.7. The maximum Gasteiger partial charge on any atom is 0.433 e. The quantitative estimate of drug-likeness (QED) is 0.346. The third kappa shape index (κ3) is 5.11. The van der Waals surface area contributed by atoms with Crippen molar-refractivity contribution in [2.75, 3.05) is 31.7 Å². The first-order valence-electron chi connectivity index (χ1n) is 13.0. The van der Waals surface area contributed by atoms with Crippen molar-refractivity contribution in [1.29, 1.82) is 0 Å². The zero-order chi connectivity index (χ0) is 28.7. The number of rotatable bonds is 9. The number of pyridine rings is 1. The van der Waals surface area contributed by atoms with E-state index < -0.39 is 33.0 Å². The fraction of sp³-hybridized carbons (Fsp3) is 0.393. The van der Waals surface area contributed by atoms with Gasteiger partial charge in [-0.05, 0) is 54.5 Å². The molecule has 1 unspecified atom stereocenters. The number of carbonyl (C=O) groups excluding carboxylic acids is 2. The zero-order valence-electron chi connectivity index (χ0n) is 21.8. The molecule has 0 spiro atoms. The lowest BCUT2D eigenvalue weighted by Gasteiger charge is -2.33. The van der Waals surface area contributed by atoms with E-state index in [2.05, 4.69) is 4.98 Å². The summed E-state index contributed by atoms with van der Waals surface area (Å²) >= 11 is 0. The van der Waals surface area contributed by atoms with Gasteiger partial charge in [-0.2, -0.15) is 17.5 Å². The molecule has 40 heavy (non-hydrogen) atoms. The van der Waals surface area contributed by atoms with Gasteiger partial charge in [0, 0.05) is 44.2 Å². The molecule has 2 aliphatic heterocycles. The lowest BCUT2D eigenvalue weighted by Crippen LogP contribution is -2.48. The number of ketones is 1. The maximum atomic E-state index is 13.6.